The van der Waals surface area contributed by atoms with Crippen LogP contribution in [0.3, 0.4) is 0 Å². The number of H-pyrrole nitrogens is 1. The molecule has 108 valence electrons. The maximum absolute atomic E-state index is 5.45. The summed E-state index contributed by atoms with van der Waals surface area (Å²) in [7, 11) is 1.69. The minimum atomic E-state index is 0.758. The molecule has 0 fully saturated rings. The second-order valence-electron chi connectivity index (χ2n) is 5.05. The molecule has 0 radical (unpaired) electrons. The zero-order chi connectivity index (χ0) is 14.8. The van der Waals surface area contributed by atoms with E-state index in [1.807, 2.05) is 12.3 Å². The Morgan fingerprint density at radius 3 is 2.86 bits per heavy atom. The second-order valence-corrected chi connectivity index (χ2v) is 5.97. The summed E-state index contributed by atoms with van der Waals surface area (Å²) < 4.78 is 6.48. The molecule has 1 heterocycles. The summed E-state index contributed by atoms with van der Waals surface area (Å²) in [6.07, 6.45) is 1.96. The number of methoxy groups -OCH3 is 1. The highest BCUT2D eigenvalue weighted by Crippen LogP contribution is 2.32. The quantitative estimate of drug-likeness (QED) is 0.709. The van der Waals surface area contributed by atoms with Gasteiger partial charge in [0.05, 0.1) is 12.8 Å². The van der Waals surface area contributed by atoms with Gasteiger partial charge in [0.2, 0.25) is 0 Å². The van der Waals surface area contributed by atoms with Gasteiger partial charge in [-0.1, -0.05) is 28.1 Å². The fourth-order valence-corrected chi connectivity index (χ4v) is 3.05. The minimum absolute atomic E-state index is 0.758. The van der Waals surface area contributed by atoms with Gasteiger partial charge in [0.15, 0.2) is 0 Å². The van der Waals surface area contributed by atoms with E-state index in [0.29, 0.717) is 0 Å². The molecule has 0 saturated carbocycles. The Labute approximate surface area is 132 Å². The molecule has 2 N–H and O–H groups in total. The van der Waals surface area contributed by atoms with E-state index in [9.17, 15) is 0 Å². The lowest BCUT2D eigenvalue weighted by molar-refractivity contribution is 0.416. The molecule has 4 heteroatoms. The van der Waals surface area contributed by atoms with Crippen molar-refractivity contribution in [3.63, 3.8) is 0 Å². The first-order valence-electron chi connectivity index (χ1n) is 6.81. The normalized spacial score (nSPS) is 10.8. The predicted molar refractivity (Wildman–Crippen MR) is 91.1 cm³/mol. The van der Waals surface area contributed by atoms with E-state index in [1.165, 1.54) is 10.9 Å². The molecule has 3 rings (SSSR count). The molecule has 0 amide bonds. The molecule has 1 aromatic heterocycles. The van der Waals surface area contributed by atoms with E-state index in [2.05, 4.69) is 63.5 Å². The lowest BCUT2D eigenvalue weighted by Crippen LogP contribution is -2.03. The maximum atomic E-state index is 5.45. The lowest BCUT2D eigenvalue weighted by atomic mass is 10.1. The third kappa shape index (κ3) is 2.90. The average Bonchev–Trinajstić information content (AvgIpc) is 2.93. The van der Waals surface area contributed by atoms with Crippen LogP contribution in [0.1, 0.15) is 11.1 Å². The first kappa shape index (κ1) is 14.0. The number of hydrogen-bond donors (Lipinski definition) is 2. The van der Waals surface area contributed by atoms with Crippen LogP contribution in [0.4, 0.5) is 5.69 Å². The third-order valence-corrected chi connectivity index (χ3v) is 4.03. The van der Waals surface area contributed by atoms with Crippen LogP contribution in [0.25, 0.3) is 10.9 Å². The number of benzene rings is 2. The van der Waals surface area contributed by atoms with E-state index in [-0.39, 0.29) is 0 Å². The summed E-state index contributed by atoms with van der Waals surface area (Å²) >= 11 is 3.49. The summed E-state index contributed by atoms with van der Waals surface area (Å²) in [5.41, 5.74) is 4.58. The summed E-state index contributed by atoms with van der Waals surface area (Å²) in [6.45, 7) is 2.83. The molecule has 0 aliphatic rings. The van der Waals surface area contributed by atoms with Gasteiger partial charge in [-0.2, -0.15) is 0 Å². The van der Waals surface area contributed by atoms with Crippen LogP contribution in [0.15, 0.2) is 47.1 Å². The number of fused-ring (bicyclic) bond motifs is 1. The lowest BCUT2D eigenvalue weighted by Gasteiger charge is -2.14. The number of anilines is 1. The van der Waals surface area contributed by atoms with E-state index in [1.54, 1.807) is 7.11 Å². The molecule has 0 saturated heterocycles. The Balaban J connectivity index is 1.84. The highest BCUT2D eigenvalue weighted by atomic mass is 79.9. The van der Waals surface area contributed by atoms with Crippen molar-refractivity contribution in [1.29, 1.82) is 0 Å². The predicted octanol–water partition coefficient (Wildman–Crippen LogP) is 4.86. The van der Waals surface area contributed by atoms with Gasteiger partial charge >= 0.3 is 0 Å². The van der Waals surface area contributed by atoms with Gasteiger partial charge in [-0.3, -0.25) is 0 Å². The van der Waals surface area contributed by atoms with Crippen molar-refractivity contribution in [3.8, 4) is 5.75 Å². The van der Waals surface area contributed by atoms with Crippen LogP contribution >= 0.6 is 15.9 Å². The molecule has 0 aliphatic carbocycles. The second kappa shape index (κ2) is 5.82. The Bertz CT molecular complexity index is 780. The average molecular weight is 345 g/mol. The third-order valence-electron chi connectivity index (χ3n) is 3.57. The SMILES string of the molecule is COc1cc(Br)cc(C)c1NCc1ccc2cc[nH]c2c1. The van der Waals surface area contributed by atoms with Gasteiger partial charge in [0, 0.05) is 22.7 Å². The van der Waals surface area contributed by atoms with Crippen LogP contribution in [0.5, 0.6) is 5.75 Å². The van der Waals surface area contributed by atoms with E-state index in [0.717, 1.165) is 33.5 Å². The number of aromatic amines is 1. The van der Waals surface area contributed by atoms with Crippen molar-refractivity contribution < 1.29 is 4.74 Å². The number of aryl methyl sites for hydroxylation is 1. The van der Waals surface area contributed by atoms with Crippen LogP contribution in [-0.2, 0) is 6.54 Å². The van der Waals surface area contributed by atoms with E-state index >= 15 is 0 Å². The molecular weight excluding hydrogens is 328 g/mol. The van der Waals surface area contributed by atoms with E-state index in [4.69, 9.17) is 4.74 Å². The van der Waals surface area contributed by atoms with Crippen molar-refractivity contribution in [2.45, 2.75) is 13.5 Å². The minimum Gasteiger partial charge on any atom is -0.495 e. The summed E-state index contributed by atoms with van der Waals surface area (Å²) in [6, 6.07) is 12.6. The van der Waals surface area contributed by atoms with Gasteiger partial charge in [0.25, 0.3) is 0 Å². The van der Waals surface area contributed by atoms with Gasteiger partial charge in [-0.15, -0.1) is 0 Å². The molecule has 0 aliphatic heterocycles. The summed E-state index contributed by atoms with van der Waals surface area (Å²) in [5.74, 6) is 0.850. The molecule has 0 unspecified atom stereocenters. The van der Waals surface area contributed by atoms with Crippen LogP contribution < -0.4 is 10.1 Å². The molecular formula is C17H17BrN2O. The molecule has 3 nitrogen and oxygen atoms in total. The Hall–Kier alpha value is -1.94. The molecule has 3 aromatic rings. The van der Waals surface area contributed by atoms with Crippen LogP contribution in [0.2, 0.25) is 0 Å². The van der Waals surface area contributed by atoms with Crippen molar-refractivity contribution in [1.82, 2.24) is 4.98 Å². The Kier molecular flexibility index (Phi) is 3.88. The first-order chi connectivity index (χ1) is 10.2. The van der Waals surface area contributed by atoms with Crippen LogP contribution in [0, 0.1) is 6.92 Å². The fourth-order valence-electron chi connectivity index (χ4n) is 2.50. The highest BCUT2D eigenvalue weighted by molar-refractivity contribution is 9.10. The van der Waals surface area contributed by atoms with Crippen molar-refractivity contribution in [2.24, 2.45) is 0 Å². The van der Waals surface area contributed by atoms with Crippen molar-refractivity contribution in [3.05, 3.63) is 58.2 Å². The first-order valence-corrected chi connectivity index (χ1v) is 7.60. The Morgan fingerprint density at radius 2 is 2.05 bits per heavy atom. The molecule has 2 aromatic carbocycles. The van der Waals surface area contributed by atoms with Gasteiger partial charge in [0.1, 0.15) is 5.75 Å². The number of hydrogen-bond acceptors (Lipinski definition) is 2. The fraction of sp³-hybridized carbons (Fsp3) is 0.176. The maximum Gasteiger partial charge on any atom is 0.143 e. The van der Waals surface area contributed by atoms with Crippen molar-refractivity contribution in [2.75, 3.05) is 12.4 Å². The number of nitrogens with one attached hydrogen (secondary N) is 2. The largest absolute Gasteiger partial charge is 0.495 e. The van der Waals surface area contributed by atoms with Crippen LogP contribution in [-0.4, -0.2) is 12.1 Å². The highest BCUT2D eigenvalue weighted by Gasteiger charge is 2.08. The van der Waals surface area contributed by atoms with Gasteiger partial charge in [-0.05, 0) is 47.7 Å². The Morgan fingerprint density at radius 1 is 1.19 bits per heavy atom. The van der Waals surface area contributed by atoms with Crippen molar-refractivity contribution >= 4 is 32.5 Å². The summed E-state index contributed by atoms with van der Waals surface area (Å²) in [5, 5.41) is 4.71. The zero-order valence-electron chi connectivity index (χ0n) is 12.0. The van der Waals surface area contributed by atoms with Gasteiger partial charge < -0.3 is 15.0 Å². The zero-order valence-corrected chi connectivity index (χ0v) is 13.6. The van der Waals surface area contributed by atoms with E-state index < -0.39 is 0 Å². The molecule has 0 bridgehead atoms. The smallest absolute Gasteiger partial charge is 0.143 e. The summed E-state index contributed by atoms with van der Waals surface area (Å²) in [4.78, 5) is 3.24. The number of halogens is 1. The van der Waals surface area contributed by atoms with Gasteiger partial charge in [-0.25, -0.2) is 0 Å². The monoisotopic (exact) mass is 344 g/mol. The molecule has 0 atom stereocenters. The number of aromatic nitrogens is 1. The molecule has 0 spiro atoms. The molecule has 21 heavy (non-hydrogen) atoms. The topological polar surface area (TPSA) is 37.0 Å². The standard InChI is InChI=1S/C17H17BrN2O/c1-11-7-14(18)9-16(21-2)17(11)20-10-12-3-4-13-5-6-19-15(13)8-12/h3-9,19-20H,10H2,1-2H3. The number of ether oxygens (including phenoxy) is 1. The number of rotatable bonds is 4.